The predicted octanol–water partition coefficient (Wildman–Crippen LogP) is 2.54. The number of fused-ring (bicyclic) bond motifs is 2. The highest BCUT2D eigenvalue weighted by atomic mass is 32.2. The van der Waals surface area contributed by atoms with E-state index >= 15 is 0 Å². The van der Waals surface area contributed by atoms with Gasteiger partial charge in [-0.1, -0.05) is 23.9 Å². The van der Waals surface area contributed by atoms with Crippen molar-refractivity contribution >= 4 is 34.3 Å². The molecule has 30 heavy (non-hydrogen) atoms. The summed E-state index contributed by atoms with van der Waals surface area (Å²) in [6.07, 6.45) is 0. The molecule has 156 valence electrons. The minimum atomic E-state index is -0.211. The molecular weight excluding hydrogens is 406 g/mol. The van der Waals surface area contributed by atoms with Gasteiger partial charge in [-0.3, -0.25) is 14.2 Å². The van der Waals surface area contributed by atoms with Gasteiger partial charge in [0, 0.05) is 18.9 Å². The normalized spacial score (nSPS) is 12.7. The molecule has 2 aromatic carbocycles. The molecule has 1 amide bonds. The Hall–Kier alpha value is -3.04. The summed E-state index contributed by atoms with van der Waals surface area (Å²) in [4.78, 5) is 29.9. The van der Waals surface area contributed by atoms with Crippen molar-refractivity contribution in [1.82, 2.24) is 9.55 Å². The summed E-state index contributed by atoms with van der Waals surface area (Å²) in [5.74, 6) is 1.16. The molecule has 0 unspecified atom stereocenters. The standard InChI is InChI=1S/C21H21N3O5S/c1-27-9-8-24-20(26)15-4-2-3-5-16(15)23-21(24)30-13-19(25)22-14-6-7-17-18(12-14)29-11-10-28-17/h2-7,12H,8-11,13H2,1H3,(H,22,25). The average Bonchev–Trinajstić information content (AvgIpc) is 2.77. The van der Waals surface area contributed by atoms with Gasteiger partial charge in [-0.05, 0) is 24.3 Å². The highest BCUT2D eigenvalue weighted by Crippen LogP contribution is 2.32. The van der Waals surface area contributed by atoms with Crippen LogP contribution in [0.1, 0.15) is 0 Å². The second-order valence-corrected chi connectivity index (χ2v) is 7.50. The lowest BCUT2D eigenvalue weighted by Gasteiger charge is -2.19. The van der Waals surface area contributed by atoms with E-state index in [9.17, 15) is 9.59 Å². The van der Waals surface area contributed by atoms with E-state index in [2.05, 4.69) is 10.3 Å². The summed E-state index contributed by atoms with van der Waals surface area (Å²) in [5, 5.41) is 3.86. The Kier molecular flexibility index (Phi) is 6.20. The van der Waals surface area contributed by atoms with Crippen LogP contribution in [0.4, 0.5) is 5.69 Å². The first kappa shape index (κ1) is 20.2. The number of amides is 1. The van der Waals surface area contributed by atoms with Gasteiger partial charge in [-0.25, -0.2) is 4.98 Å². The minimum Gasteiger partial charge on any atom is -0.486 e. The molecule has 0 atom stereocenters. The van der Waals surface area contributed by atoms with E-state index in [1.807, 2.05) is 6.07 Å². The third-order valence-corrected chi connectivity index (χ3v) is 5.48. The topological polar surface area (TPSA) is 91.7 Å². The van der Waals surface area contributed by atoms with Gasteiger partial charge in [0.2, 0.25) is 5.91 Å². The van der Waals surface area contributed by atoms with Crippen LogP contribution in [0.5, 0.6) is 11.5 Å². The number of anilines is 1. The lowest BCUT2D eigenvalue weighted by atomic mass is 10.2. The molecule has 3 aromatic rings. The van der Waals surface area contributed by atoms with E-state index in [4.69, 9.17) is 14.2 Å². The number of aromatic nitrogens is 2. The quantitative estimate of drug-likeness (QED) is 0.458. The zero-order valence-corrected chi connectivity index (χ0v) is 17.2. The number of benzene rings is 2. The fourth-order valence-electron chi connectivity index (χ4n) is 3.09. The number of thioether (sulfide) groups is 1. The number of para-hydroxylation sites is 1. The van der Waals surface area contributed by atoms with Crippen LogP contribution in [0.2, 0.25) is 0 Å². The second-order valence-electron chi connectivity index (χ2n) is 6.56. The number of ether oxygens (including phenoxy) is 3. The molecule has 0 aliphatic carbocycles. The molecule has 0 bridgehead atoms. The van der Waals surface area contributed by atoms with E-state index in [-0.39, 0.29) is 17.2 Å². The predicted molar refractivity (Wildman–Crippen MR) is 115 cm³/mol. The Morgan fingerprint density at radius 3 is 2.83 bits per heavy atom. The Balaban J connectivity index is 1.49. The van der Waals surface area contributed by atoms with Crippen molar-refractivity contribution in [2.24, 2.45) is 0 Å². The van der Waals surface area contributed by atoms with Crippen LogP contribution >= 0.6 is 11.8 Å². The highest BCUT2D eigenvalue weighted by Gasteiger charge is 2.15. The molecule has 0 saturated carbocycles. The van der Waals surface area contributed by atoms with Gasteiger partial charge in [0.1, 0.15) is 13.2 Å². The third kappa shape index (κ3) is 4.42. The maximum Gasteiger partial charge on any atom is 0.262 e. The molecule has 0 fully saturated rings. The highest BCUT2D eigenvalue weighted by molar-refractivity contribution is 7.99. The van der Waals surface area contributed by atoms with Crippen molar-refractivity contribution in [2.45, 2.75) is 11.7 Å². The summed E-state index contributed by atoms with van der Waals surface area (Å²) >= 11 is 1.21. The molecule has 1 aliphatic rings. The molecule has 0 spiro atoms. The van der Waals surface area contributed by atoms with Gasteiger partial charge in [0.05, 0.1) is 29.8 Å². The Morgan fingerprint density at radius 1 is 1.20 bits per heavy atom. The zero-order valence-electron chi connectivity index (χ0n) is 16.4. The lowest BCUT2D eigenvalue weighted by molar-refractivity contribution is -0.113. The van der Waals surface area contributed by atoms with Crippen molar-refractivity contribution in [3.05, 3.63) is 52.8 Å². The Bertz CT molecular complexity index is 1130. The van der Waals surface area contributed by atoms with Gasteiger partial charge in [-0.15, -0.1) is 0 Å². The van der Waals surface area contributed by atoms with Gasteiger partial charge in [-0.2, -0.15) is 0 Å². The van der Waals surface area contributed by atoms with Crippen LogP contribution in [-0.4, -0.2) is 48.1 Å². The summed E-state index contributed by atoms with van der Waals surface area (Å²) in [7, 11) is 1.58. The van der Waals surface area contributed by atoms with Gasteiger partial charge >= 0.3 is 0 Å². The SMILES string of the molecule is COCCn1c(SCC(=O)Nc2ccc3c(c2)OCCO3)nc2ccccc2c1=O. The lowest BCUT2D eigenvalue weighted by Crippen LogP contribution is -2.26. The maximum absolute atomic E-state index is 12.9. The van der Waals surface area contributed by atoms with Gasteiger partial charge in [0.15, 0.2) is 16.7 Å². The number of nitrogens with zero attached hydrogens (tertiary/aromatic N) is 2. The smallest absolute Gasteiger partial charge is 0.262 e. The van der Waals surface area contributed by atoms with Crippen molar-refractivity contribution in [3.63, 3.8) is 0 Å². The number of methoxy groups -OCH3 is 1. The zero-order chi connectivity index (χ0) is 20.9. The fraction of sp³-hybridized carbons (Fsp3) is 0.286. The van der Waals surface area contributed by atoms with Crippen LogP contribution in [0.25, 0.3) is 10.9 Å². The molecule has 0 radical (unpaired) electrons. The minimum absolute atomic E-state index is 0.103. The van der Waals surface area contributed by atoms with Gasteiger partial charge in [0.25, 0.3) is 5.56 Å². The molecule has 2 heterocycles. The third-order valence-electron chi connectivity index (χ3n) is 4.50. The summed E-state index contributed by atoms with van der Waals surface area (Å²) in [5.41, 5.74) is 1.08. The average molecular weight is 427 g/mol. The first-order chi connectivity index (χ1) is 14.7. The molecular formula is C21H21N3O5S. The molecule has 8 nitrogen and oxygen atoms in total. The first-order valence-corrected chi connectivity index (χ1v) is 10.4. The number of carbonyl (C=O) groups excluding carboxylic acids is 1. The van der Waals surface area contributed by atoms with Crippen LogP contribution in [0.15, 0.2) is 52.4 Å². The van der Waals surface area contributed by atoms with E-state index in [0.29, 0.717) is 59.6 Å². The largest absolute Gasteiger partial charge is 0.486 e. The first-order valence-electron chi connectivity index (χ1n) is 9.46. The van der Waals surface area contributed by atoms with Crippen molar-refractivity contribution in [3.8, 4) is 11.5 Å². The molecule has 1 aromatic heterocycles. The van der Waals surface area contributed by atoms with Gasteiger partial charge < -0.3 is 19.5 Å². The van der Waals surface area contributed by atoms with E-state index < -0.39 is 0 Å². The summed E-state index contributed by atoms with van der Waals surface area (Å²) < 4.78 is 17.7. The van der Waals surface area contributed by atoms with Crippen LogP contribution in [0, 0.1) is 0 Å². The number of hydrogen-bond donors (Lipinski definition) is 1. The molecule has 1 aliphatic heterocycles. The molecule has 9 heteroatoms. The molecule has 1 N–H and O–H groups in total. The number of carbonyl (C=O) groups is 1. The van der Waals surface area contributed by atoms with E-state index in [1.54, 1.807) is 48.1 Å². The monoisotopic (exact) mass is 427 g/mol. The maximum atomic E-state index is 12.9. The van der Waals surface area contributed by atoms with Crippen molar-refractivity contribution in [2.75, 3.05) is 38.0 Å². The second kappa shape index (κ2) is 9.19. The molecule has 0 saturated heterocycles. The Morgan fingerprint density at radius 2 is 2.00 bits per heavy atom. The van der Waals surface area contributed by atoms with Crippen molar-refractivity contribution < 1.29 is 19.0 Å². The van der Waals surface area contributed by atoms with Crippen LogP contribution in [0.3, 0.4) is 0 Å². The van der Waals surface area contributed by atoms with Crippen molar-refractivity contribution in [1.29, 1.82) is 0 Å². The summed E-state index contributed by atoms with van der Waals surface area (Å²) in [6, 6.07) is 12.4. The number of rotatable bonds is 7. The fourth-order valence-corrected chi connectivity index (χ4v) is 3.91. The van der Waals surface area contributed by atoms with Crippen LogP contribution < -0.4 is 20.3 Å². The summed E-state index contributed by atoms with van der Waals surface area (Å²) in [6.45, 7) is 1.72. The van der Waals surface area contributed by atoms with E-state index in [0.717, 1.165) is 0 Å². The number of hydrogen-bond acceptors (Lipinski definition) is 7. The number of nitrogens with one attached hydrogen (secondary N) is 1. The Labute approximate surface area is 177 Å². The molecule has 4 rings (SSSR count). The van der Waals surface area contributed by atoms with Crippen LogP contribution in [-0.2, 0) is 16.1 Å². The van der Waals surface area contributed by atoms with E-state index in [1.165, 1.54) is 11.8 Å².